The molecule has 2 rings (SSSR count). The van der Waals surface area contributed by atoms with E-state index in [2.05, 4.69) is 15.5 Å². The molecule has 0 bridgehead atoms. The van der Waals surface area contributed by atoms with E-state index < -0.39 is 10.9 Å². The quantitative estimate of drug-likeness (QED) is 0.428. The van der Waals surface area contributed by atoms with Gasteiger partial charge < -0.3 is 9.64 Å². The molecule has 11 heteroatoms. The summed E-state index contributed by atoms with van der Waals surface area (Å²) < 4.78 is 6.18. The van der Waals surface area contributed by atoms with Gasteiger partial charge in [-0.2, -0.15) is 0 Å². The van der Waals surface area contributed by atoms with E-state index in [0.29, 0.717) is 22.2 Å². The van der Waals surface area contributed by atoms with Crippen LogP contribution in [0.15, 0.2) is 22.2 Å². The Labute approximate surface area is 141 Å². The number of carbonyl (C=O) groups excluding carboxylic acids is 1. The summed E-state index contributed by atoms with van der Waals surface area (Å²) in [7, 11) is 6.49. The third-order valence-electron chi connectivity index (χ3n) is 3.05. The van der Waals surface area contributed by atoms with Crippen molar-refractivity contribution in [2.24, 2.45) is 7.05 Å². The number of benzene rings is 1. The molecule has 1 aromatic heterocycles. The molecular formula is C13H16N6O4S. The number of tetrazole rings is 1. The lowest BCUT2D eigenvalue weighted by molar-refractivity contribution is -0.385. The highest BCUT2D eigenvalue weighted by Crippen LogP contribution is 2.34. The predicted octanol–water partition coefficient (Wildman–Crippen LogP) is 1.12. The first-order valence-corrected chi connectivity index (χ1v) is 7.59. The number of carbonyl (C=O) groups is 1. The summed E-state index contributed by atoms with van der Waals surface area (Å²) in [6, 6.07) is 2.83. The summed E-state index contributed by atoms with van der Waals surface area (Å²) in [5.41, 5.74) is 0.444. The number of nitro groups is 1. The molecule has 0 N–H and O–H groups in total. The van der Waals surface area contributed by atoms with Crippen LogP contribution < -0.4 is 0 Å². The maximum atomic E-state index is 12.0. The van der Waals surface area contributed by atoms with Crippen molar-refractivity contribution >= 4 is 23.4 Å². The fourth-order valence-corrected chi connectivity index (χ4v) is 2.90. The molecule has 0 aliphatic carbocycles. The zero-order valence-electron chi connectivity index (χ0n) is 13.6. The summed E-state index contributed by atoms with van der Waals surface area (Å²) in [5.74, 6) is -0.660. The highest BCUT2D eigenvalue weighted by atomic mass is 32.2. The fraction of sp³-hybridized carbons (Fsp3) is 0.385. The van der Waals surface area contributed by atoms with E-state index in [1.807, 2.05) is 0 Å². The van der Waals surface area contributed by atoms with Crippen LogP contribution in [-0.2, 0) is 18.3 Å². The normalized spacial score (nSPS) is 10.9. The maximum absolute atomic E-state index is 12.0. The van der Waals surface area contributed by atoms with Crippen molar-refractivity contribution in [1.29, 1.82) is 0 Å². The lowest BCUT2D eigenvalue weighted by atomic mass is 10.1. The molecule has 0 atom stereocenters. The Balaban J connectivity index is 2.58. The monoisotopic (exact) mass is 352 g/mol. The molecule has 0 aliphatic rings. The number of aryl methyl sites for hydroxylation is 1. The topological polar surface area (TPSA) is 116 Å². The molecule has 0 fully saturated rings. The predicted molar refractivity (Wildman–Crippen MR) is 84.7 cm³/mol. The van der Waals surface area contributed by atoms with Gasteiger partial charge in [-0.3, -0.25) is 10.1 Å². The van der Waals surface area contributed by atoms with Crippen LogP contribution >= 0.6 is 11.8 Å². The minimum atomic E-state index is -0.660. The van der Waals surface area contributed by atoms with Gasteiger partial charge in [-0.05, 0) is 42.4 Å². The zero-order valence-corrected chi connectivity index (χ0v) is 14.4. The van der Waals surface area contributed by atoms with Crippen LogP contribution in [-0.4, -0.2) is 57.2 Å². The SMILES string of the molecule is COC(=O)c1cc([N+](=O)[O-])c(CN(C)C)cc1Sc1nnnn1C. The van der Waals surface area contributed by atoms with Crippen LogP contribution in [0.2, 0.25) is 0 Å². The van der Waals surface area contributed by atoms with E-state index in [9.17, 15) is 14.9 Å². The van der Waals surface area contributed by atoms with Gasteiger partial charge in [0.05, 0.1) is 17.6 Å². The highest BCUT2D eigenvalue weighted by molar-refractivity contribution is 7.99. The van der Waals surface area contributed by atoms with Gasteiger partial charge in [0.1, 0.15) is 0 Å². The second kappa shape index (κ2) is 7.36. The Bertz CT molecular complexity index is 776. The molecule has 0 radical (unpaired) electrons. The molecule has 0 spiro atoms. The molecule has 0 aliphatic heterocycles. The third-order valence-corrected chi connectivity index (χ3v) is 4.14. The molecule has 1 aromatic carbocycles. The number of nitro benzene ring substituents is 1. The fourth-order valence-electron chi connectivity index (χ4n) is 2.01. The number of aromatic nitrogens is 4. The van der Waals surface area contributed by atoms with Gasteiger partial charge in [0.25, 0.3) is 5.69 Å². The van der Waals surface area contributed by atoms with Crippen LogP contribution in [0.1, 0.15) is 15.9 Å². The Hall–Kier alpha value is -2.53. The van der Waals surface area contributed by atoms with E-state index in [4.69, 9.17) is 4.74 Å². The smallest absolute Gasteiger partial charge is 0.339 e. The third kappa shape index (κ3) is 3.86. The van der Waals surface area contributed by atoms with E-state index in [1.165, 1.54) is 17.9 Å². The van der Waals surface area contributed by atoms with Crippen molar-refractivity contribution in [2.45, 2.75) is 16.6 Å². The van der Waals surface area contributed by atoms with Crippen LogP contribution in [0.25, 0.3) is 0 Å². The molecule has 2 aromatic rings. The number of esters is 1. The Morgan fingerprint density at radius 1 is 1.46 bits per heavy atom. The van der Waals surface area contributed by atoms with Crippen molar-refractivity contribution in [2.75, 3.05) is 21.2 Å². The largest absolute Gasteiger partial charge is 0.465 e. The summed E-state index contributed by atoms with van der Waals surface area (Å²) >= 11 is 1.14. The Kier molecular flexibility index (Phi) is 5.46. The second-order valence-electron chi connectivity index (χ2n) is 5.15. The van der Waals surface area contributed by atoms with Crippen molar-refractivity contribution in [3.05, 3.63) is 33.4 Å². The van der Waals surface area contributed by atoms with Crippen LogP contribution in [0.3, 0.4) is 0 Å². The minimum Gasteiger partial charge on any atom is -0.465 e. The first kappa shape index (κ1) is 17.8. The number of rotatable bonds is 6. The second-order valence-corrected chi connectivity index (χ2v) is 6.16. The first-order chi connectivity index (χ1) is 11.3. The van der Waals surface area contributed by atoms with Crippen molar-refractivity contribution in [3.8, 4) is 0 Å². The zero-order chi connectivity index (χ0) is 17.9. The molecule has 0 saturated carbocycles. The van der Waals surface area contributed by atoms with Crippen molar-refractivity contribution in [1.82, 2.24) is 25.1 Å². The van der Waals surface area contributed by atoms with Crippen LogP contribution in [0.5, 0.6) is 0 Å². The standard InChI is InChI=1S/C13H16N6O4S/c1-17(2)7-8-5-11(24-13-14-15-16-18(13)3)9(12(20)23-4)6-10(8)19(21)22/h5-6H,7H2,1-4H3. The molecule has 0 unspecified atom stereocenters. The van der Waals surface area contributed by atoms with Crippen LogP contribution in [0.4, 0.5) is 5.69 Å². The lowest BCUT2D eigenvalue weighted by Crippen LogP contribution is -2.14. The van der Waals surface area contributed by atoms with Gasteiger partial charge in [-0.1, -0.05) is 0 Å². The van der Waals surface area contributed by atoms with Gasteiger partial charge in [-0.15, -0.1) is 5.10 Å². The summed E-state index contributed by atoms with van der Waals surface area (Å²) in [4.78, 5) is 25.2. The number of hydrogen-bond acceptors (Lipinski definition) is 9. The van der Waals surface area contributed by atoms with Gasteiger partial charge in [0.2, 0.25) is 5.16 Å². The van der Waals surface area contributed by atoms with Gasteiger partial charge in [0.15, 0.2) is 0 Å². The number of hydrogen-bond donors (Lipinski definition) is 0. The van der Waals surface area contributed by atoms with E-state index in [1.54, 1.807) is 32.1 Å². The summed E-state index contributed by atoms with van der Waals surface area (Å²) in [6.07, 6.45) is 0. The van der Waals surface area contributed by atoms with Crippen molar-refractivity contribution in [3.63, 3.8) is 0 Å². The number of ether oxygens (including phenoxy) is 1. The maximum Gasteiger partial charge on any atom is 0.339 e. The number of methoxy groups -OCH3 is 1. The first-order valence-electron chi connectivity index (χ1n) is 6.78. The molecule has 128 valence electrons. The highest BCUT2D eigenvalue weighted by Gasteiger charge is 2.24. The summed E-state index contributed by atoms with van der Waals surface area (Å²) in [5, 5.41) is 22.9. The average molecular weight is 352 g/mol. The van der Waals surface area contributed by atoms with Gasteiger partial charge in [0, 0.05) is 30.1 Å². The van der Waals surface area contributed by atoms with Gasteiger partial charge in [-0.25, -0.2) is 9.48 Å². The van der Waals surface area contributed by atoms with Crippen molar-refractivity contribution < 1.29 is 14.5 Å². The molecule has 10 nitrogen and oxygen atoms in total. The lowest BCUT2D eigenvalue weighted by Gasteiger charge is -2.13. The summed E-state index contributed by atoms with van der Waals surface area (Å²) in [6.45, 7) is 0.350. The molecule has 0 amide bonds. The molecular weight excluding hydrogens is 336 g/mol. The number of nitrogens with zero attached hydrogens (tertiary/aromatic N) is 6. The van der Waals surface area contributed by atoms with E-state index in [-0.39, 0.29) is 11.3 Å². The van der Waals surface area contributed by atoms with E-state index in [0.717, 1.165) is 11.8 Å². The Morgan fingerprint density at radius 3 is 2.67 bits per heavy atom. The van der Waals surface area contributed by atoms with Crippen LogP contribution in [0, 0.1) is 10.1 Å². The molecule has 1 heterocycles. The van der Waals surface area contributed by atoms with E-state index >= 15 is 0 Å². The van der Waals surface area contributed by atoms with Gasteiger partial charge >= 0.3 is 5.97 Å². The molecule has 24 heavy (non-hydrogen) atoms. The average Bonchev–Trinajstić information content (AvgIpc) is 2.91. The minimum absolute atomic E-state index is 0.0970. The Morgan fingerprint density at radius 2 is 2.17 bits per heavy atom. The molecule has 0 saturated heterocycles.